The summed E-state index contributed by atoms with van der Waals surface area (Å²) in [6.45, 7) is 2.52. The predicted molar refractivity (Wildman–Crippen MR) is 76.9 cm³/mol. The van der Waals surface area contributed by atoms with E-state index in [1.54, 1.807) is 18.2 Å². The Hall–Kier alpha value is -0.420. The molecule has 0 amide bonds. The molecular weight excluding hydrogens is 293 g/mol. The third kappa shape index (κ3) is 5.06. The maximum atomic E-state index is 10.9. The molecule has 1 aromatic rings. The highest BCUT2D eigenvalue weighted by Gasteiger charge is 2.15. The van der Waals surface area contributed by atoms with Crippen LogP contribution in [-0.2, 0) is 4.79 Å². The van der Waals surface area contributed by atoms with Crippen molar-refractivity contribution in [3.8, 4) is 0 Å². The van der Waals surface area contributed by atoms with E-state index in [1.807, 2.05) is 6.92 Å². The van der Waals surface area contributed by atoms with Crippen molar-refractivity contribution in [2.45, 2.75) is 24.3 Å². The van der Waals surface area contributed by atoms with Crippen LogP contribution in [0.5, 0.6) is 0 Å². The van der Waals surface area contributed by atoms with Crippen molar-refractivity contribution in [3.63, 3.8) is 0 Å². The lowest BCUT2D eigenvalue weighted by Gasteiger charge is -2.12. The van der Waals surface area contributed by atoms with E-state index in [0.717, 1.165) is 4.90 Å². The number of nitrogens with one attached hydrogen (secondary N) is 1. The van der Waals surface area contributed by atoms with Gasteiger partial charge in [-0.1, -0.05) is 30.1 Å². The molecule has 0 radical (unpaired) electrons. The van der Waals surface area contributed by atoms with Gasteiger partial charge in [0.15, 0.2) is 0 Å². The summed E-state index contributed by atoms with van der Waals surface area (Å²) < 4.78 is 0. The summed E-state index contributed by atoms with van der Waals surface area (Å²) in [5, 5.41) is 13.2. The minimum Gasteiger partial charge on any atom is -0.480 e. The summed E-state index contributed by atoms with van der Waals surface area (Å²) in [5.74, 6) is -0.154. The first-order chi connectivity index (χ1) is 8.54. The minimum atomic E-state index is -0.824. The number of rotatable bonds is 7. The van der Waals surface area contributed by atoms with Crippen molar-refractivity contribution >= 4 is 40.9 Å². The fourth-order valence-electron chi connectivity index (χ4n) is 1.43. The number of carboxylic acid groups (broad SMARTS) is 1. The third-order valence-corrected chi connectivity index (χ3v) is 4.07. The van der Waals surface area contributed by atoms with Crippen LogP contribution in [-0.4, -0.2) is 29.4 Å². The SMILES string of the molecule is CCNC(CCSc1cc(Cl)ccc1Cl)C(=O)O. The topological polar surface area (TPSA) is 49.3 Å². The minimum absolute atomic E-state index is 0.513. The van der Waals surface area contributed by atoms with E-state index in [1.165, 1.54) is 11.8 Å². The fraction of sp³-hybridized carbons (Fsp3) is 0.417. The average Bonchev–Trinajstić information content (AvgIpc) is 2.32. The van der Waals surface area contributed by atoms with Gasteiger partial charge in [0.25, 0.3) is 0 Å². The van der Waals surface area contributed by atoms with Crippen LogP contribution >= 0.6 is 35.0 Å². The van der Waals surface area contributed by atoms with E-state index < -0.39 is 12.0 Å². The number of benzene rings is 1. The molecule has 1 atom stereocenters. The number of hydrogen-bond acceptors (Lipinski definition) is 3. The molecule has 0 heterocycles. The van der Waals surface area contributed by atoms with Gasteiger partial charge in [0, 0.05) is 15.7 Å². The second kappa shape index (κ2) is 7.89. The molecule has 0 bridgehead atoms. The zero-order chi connectivity index (χ0) is 13.5. The van der Waals surface area contributed by atoms with E-state index in [-0.39, 0.29) is 0 Å². The zero-order valence-electron chi connectivity index (χ0n) is 9.95. The lowest BCUT2D eigenvalue weighted by molar-refractivity contribution is -0.139. The molecule has 0 aliphatic heterocycles. The van der Waals surface area contributed by atoms with E-state index >= 15 is 0 Å². The fourth-order valence-corrected chi connectivity index (χ4v) is 2.94. The van der Waals surface area contributed by atoms with Crippen molar-refractivity contribution in [2.24, 2.45) is 0 Å². The van der Waals surface area contributed by atoms with Gasteiger partial charge in [-0.05, 0) is 31.2 Å². The number of thioether (sulfide) groups is 1. The Balaban J connectivity index is 2.49. The molecule has 0 saturated carbocycles. The van der Waals surface area contributed by atoms with Crippen LogP contribution in [0.25, 0.3) is 0 Å². The Morgan fingerprint density at radius 1 is 1.50 bits per heavy atom. The predicted octanol–water partition coefficient (Wildman–Crippen LogP) is 3.54. The third-order valence-electron chi connectivity index (χ3n) is 2.31. The summed E-state index contributed by atoms with van der Waals surface area (Å²) in [5.41, 5.74) is 0. The van der Waals surface area contributed by atoms with Crippen LogP contribution in [0.15, 0.2) is 23.1 Å². The Morgan fingerprint density at radius 2 is 2.22 bits per heavy atom. The zero-order valence-corrected chi connectivity index (χ0v) is 12.3. The van der Waals surface area contributed by atoms with Crippen molar-refractivity contribution in [2.75, 3.05) is 12.3 Å². The summed E-state index contributed by atoms with van der Waals surface area (Å²) in [6.07, 6.45) is 0.538. The van der Waals surface area contributed by atoms with Crippen molar-refractivity contribution in [3.05, 3.63) is 28.2 Å². The molecule has 1 unspecified atom stereocenters. The van der Waals surface area contributed by atoms with Gasteiger partial charge >= 0.3 is 5.97 Å². The molecule has 100 valence electrons. The Labute approximate surface area is 121 Å². The number of aliphatic carboxylic acids is 1. The quantitative estimate of drug-likeness (QED) is 0.757. The Morgan fingerprint density at radius 3 is 2.83 bits per heavy atom. The first-order valence-corrected chi connectivity index (χ1v) is 7.32. The van der Waals surface area contributed by atoms with Crippen LogP contribution in [0.4, 0.5) is 0 Å². The Kier molecular flexibility index (Phi) is 6.86. The molecule has 0 fully saturated rings. The first-order valence-electron chi connectivity index (χ1n) is 5.58. The molecule has 0 aliphatic rings. The number of likely N-dealkylation sites (N-methyl/N-ethyl adjacent to an activating group) is 1. The molecule has 1 rings (SSSR count). The van der Waals surface area contributed by atoms with Gasteiger partial charge in [-0.25, -0.2) is 0 Å². The molecule has 0 saturated heterocycles. The van der Waals surface area contributed by atoms with Crippen LogP contribution in [0.1, 0.15) is 13.3 Å². The standard InChI is InChI=1S/C12H15Cl2NO2S/c1-2-15-10(12(16)17)5-6-18-11-7-8(13)3-4-9(11)14/h3-4,7,10,15H,2,5-6H2,1H3,(H,16,17). The number of hydrogen-bond donors (Lipinski definition) is 2. The molecule has 1 aromatic carbocycles. The highest BCUT2D eigenvalue weighted by Crippen LogP contribution is 2.30. The second-order valence-electron chi connectivity index (χ2n) is 3.66. The number of carboxylic acids is 1. The summed E-state index contributed by atoms with van der Waals surface area (Å²) in [4.78, 5) is 11.8. The molecular formula is C12H15Cl2NO2S. The van der Waals surface area contributed by atoms with Gasteiger partial charge in [0.1, 0.15) is 6.04 Å². The normalized spacial score (nSPS) is 12.4. The maximum Gasteiger partial charge on any atom is 0.320 e. The largest absolute Gasteiger partial charge is 0.480 e. The van der Waals surface area contributed by atoms with Gasteiger partial charge in [-0.3, -0.25) is 4.79 Å². The monoisotopic (exact) mass is 307 g/mol. The Bertz CT molecular complexity index is 415. The number of halogens is 2. The average molecular weight is 308 g/mol. The van der Waals surface area contributed by atoms with Crippen molar-refractivity contribution < 1.29 is 9.90 Å². The molecule has 0 aromatic heterocycles. The van der Waals surface area contributed by atoms with Crippen LogP contribution in [0.2, 0.25) is 10.0 Å². The lowest BCUT2D eigenvalue weighted by Crippen LogP contribution is -2.36. The first kappa shape index (κ1) is 15.6. The van der Waals surface area contributed by atoms with Gasteiger partial charge in [-0.15, -0.1) is 11.8 Å². The van der Waals surface area contributed by atoms with Gasteiger partial charge < -0.3 is 10.4 Å². The second-order valence-corrected chi connectivity index (χ2v) is 5.64. The molecule has 2 N–H and O–H groups in total. The molecule has 3 nitrogen and oxygen atoms in total. The van der Waals surface area contributed by atoms with Crippen LogP contribution in [0, 0.1) is 0 Å². The molecule has 0 spiro atoms. The highest BCUT2D eigenvalue weighted by atomic mass is 35.5. The smallest absolute Gasteiger partial charge is 0.320 e. The highest BCUT2D eigenvalue weighted by molar-refractivity contribution is 7.99. The maximum absolute atomic E-state index is 10.9. The molecule has 6 heteroatoms. The summed E-state index contributed by atoms with van der Waals surface area (Å²) >= 11 is 13.4. The summed E-state index contributed by atoms with van der Waals surface area (Å²) in [7, 11) is 0. The van der Waals surface area contributed by atoms with Crippen LogP contribution in [0.3, 0.4) is 0 Å². The van der Waals surface area contributed by atoms with E-state index in [4.69, 9.17) is 28.3 Å². The van der Waals surface area contributed by atoms with Gasteiger partial charge in [0.05, 0.1) is 5.02 Å². The van der Waals surface area contributed by atoms with Crippen LogP contribution < -0.4 is 5.32 Å². The molecule has 18 heavy (non-hydrogen) atoms. The lowest BCUT2D eigenvalue weighted by atomic mass is 10.2. The van der Waals surface area contributed by atoms with Crippen molar-refractivity contribution in [1.29, 1.82) is 0 Å². The summed E-state index contributed by atoms with van der Waals surface area (Å²) in [6, 6.07) is 4.75. The van der Waals surface area contributed by atoms with E-state index in [2.05, 4.69) is 5.32 Å². The number of carbonyl (C=O) groups is 1. The van der Waals surface area contributed by atoms with Gasteiger partial charge in [0.2, 0.25) is 0 Å². The van der Waals surface area contributed by atoms with E-state index in [9.17, 15) is 4.79 Å². The van der Waals surface area contributed by atoms with Crippen molar-refractivity contribution in [1.82, 2.24) is 5.32 Å². The molecule has 0 aliphatic carbocycles. The van der Waals surface area contributed by atoms with E-state index in [0.29, 0.717) is 28.8 Å². The van der Waals surface area contributed by atoms with Gasteiger partial charge in [-0.2, -0.15) is 0 Å².